The largest absolute Gasteiger partial charge is 0.454 e. The molecule has 3 rings (SSSR count). The lowest BCUT2D eigenvalue weighted by atomic mass is 10.0. The van der Waals surface area contributed by atoms with Gasteiger partial charge in [0.15, 0.2) is 0 Å². The summed E-state index contributed by atoms with van der Waals surface area (Å²) in [7, 11) is 0. The highest BCUT2D eigenvalue weighted by molar-refractivity contribution is 6.00. The Hall–Kier alpha value is -2.91. The normalized spacial score (nSPS) is 12.6. The first kappa shape index (κ1) is 16.9. The first-order chi connectivity index (χ1) is 11.6. The number of benzene rings is 2. The molecule has 10 heteroatoms. The molecule has 25 heavy (non-hydrogen) atoms. The van der Waals surface area contributed by atoms with E-state index in [0.717, 1.165) is 10.7 Å². The van der Waals surface area contributed by atoms with Crippen molar-refractivity contribution in [3.8, 4) is 5.69 Å². The molecule has 0 saturated heterocycles. The third-order valence-corrected chi connectivity index (χ3v) is 3.40. The summed E-state index contributed by atoms with van der Waals surface area (Å²) < 4.78 is 78.3. The summed E-state index contributed by atoms with van der Waals surface area (Å²) in [4.78, 5) is 11.2. The molecule has 4 nitrogen and oxygen atoms in total. The van der Waals surface area contributed by atoms with Gasteiger partial charge in [0.25, 0.3) is 5.78 Å². The number of hydrogen-bond acceptors (Lipinski definition) is 3. The molecule has 0 saturated carbocycles. The summed E-state index contributed by atoms with van der Waals surface area (Å²) in [5, 5.41) is 7.34. The number of halogens is 6. The second-order valence-corrected chi connectivity index (χ2v) is 5.05. The fraction of sp³-hybridized carbons (Fsp3) is 0.133. The van der Waals surface area contributed by atoms with Crippen molar-refractivity contribution in [3.05, 3.63) is 53.6 Å². The van der Waals surface area contributed by atoms with Crippen LogP contribution in [0.15, 0.2) is 42.5 Å². The summed E-state index contributed by atoms with van der Waals surface area (Å²) >= 11 is 0. The van der Waals surface area contributed by atoms with E-state index in [0.29, 0.717) is 11.6 Å². The van der Waals surface area contributed by atoms with E-state index >= 15 is 0 Å². The van der Waals surface area contributed by atoms with Gasteiger partial charge in [-0.2, -0.15) is 26.3 Å². The van der Waals surface area contributed by atoms with Crippen LogP contribution >= 0.6 is 0 Å². The lowest BCUT2D eigenvalue weighted by Gasteiger charge is -2.15. The number of hydrogen-bond donors (Lipinski definition) is 0. The van der Waals surface area contributed by atoms with Crippen LogP contribution in [-0.2, 0) is 6.18 Å². The molecule has 0 aliphatic carbocycles. The molecule has 2 aromatic carbocycles. The molecule has 0 fully saturated rings. The minimum Gasteiger partial charge on any atom is -0.284 e. The number of carbonyl (C=O) groups is 1. The van der Waals surface area contributed by atoms with Crippen LogP contribution in [0.1, 0.15) is 15.9 Å². The van der Waals surface area contributed by atoms with Crippen molar-refractivity contribution in [3.63, 3.8) is 0 Å². The molecule has 0 unspecified atom stereocenters. The second-order valence-electron chi connectivity index (χ2n) is 5.05. The molecule has 1 heterocycles. The molecular weight excluding hydrogens is 352 g/mol. The van der Waals surface area contributed by atoms with Crippen LogP contribution in [-0.4, -0.2) is 27.0 Å². The van der Waals surface area contributed by atoms with Gasteiger partial charge in [-0.05, 0) is 30.3 Å². The predicted octanol–water partition coefficient (Wildman–Crippen LogP) is 4.18. The van der Waals surface area contributed by atoms with Crippen molar-refractivity contribution in [2.24, 2.45) is 0 Å². The quantitative estimate of drug-likeness (QED) is 0.509. The molecular formula is C15H7F6N3O. The van der Waals surface area contributed by atoms with Gasteiger partial charge in [0.1, 0.15) is 5.52 Å². The van der Waals surface area contributed by atoms with Crippen LogP contribution in [0.25, 0.3) is 16.7 Å². The molecule has 130 valence electrons. The Balaban J connectivity index is 2.22. The van der Waals surface area contributed by atoms with Crippen LogP contribution in [0.5, 0.6) is 0 Å². The second kappa shape index (κ2) is 5.57. The highest BCUT2D eigenvalue weighted by Crippen LogP contribution is 2.36. The van der Waals surface area contributed by atoms with Gasteiger partial charge in [-0.25, -0.2) is 4.68 Å². The zero-order valence-electron chi connectivity index (χ0n) is 12.1. The smallest absolute Gasteiger partial charge is 0.284 e. The lowest BCUT2D eigenvalue weighted by Crippen LogP contribution is -2.23. The summed E-state index contributed by atoms with van der Waals surface area (Å²) in [6.45, 7) is 0. The van der Waals surface area contributed by atoms with E-state index in [1.807, 2.05) is 0 Å². The molecule has 0 radical (unpaired) electrons. The van der Waals surface area contributed by atoms with Crippen LogP contribution in [0.2, 0.25) is 0 Å². The van der Waals surface area contributed by atoms with Crippen molar-refractivity contribution in [1.29, 1.82) is 0 Å². The van der Waals surface area contributed by atoms with Gasteiger partial charge < -0.3 is 0 Å². The highest BCUT2D eigenvalue weighted by atomic mass is 19.4. The number of carbonyl (C=O) groups excluding carboxylic acids is 1. The fourth-order valence-electron chi connectivity index (χ4n) is 2.30. The van der Waals surface area contributed by atoms with Gasteiger partial charge in [-0.15, -0.1) is 5.10 Å². The average Bonchev–Trinajstić information content (AvgIpc) is 2.96. The first-order valence-electron chi connectivity index (χ1n) is 6.72. The Morgan fingerprint density at radius 3 is 2.28 bits per heavy atom. The first-order valence-corrected chi connectivity index (χ1v) is 6.72. The van der Waals surface area contributed by atoms with E-state index in [4.69, 9.17) is 0 Å². The van der Waals surface area contributed by atoms with Gasteiger partial charge in [-0.1, -0.05) is 17.3 Å². The van der Waals surface area contributed by atoms with Crippen LogP contribution < -0.4 is 0 Å². The molecule has 1 aromatic heterocycles. The summed E-state index contributed by atoms with van der Waals surface area (Å²) in [5.41, 5.74) is -2.50. The topological polar surface area (TPSA) is 47.8 Å². The van der Waals surface area contributed by atoms with E-state index < -0.39 is 35.0 Å². The molecule has 0 atom stereocenters. The Morgan fingerprint density at radius 1 is 0.960 bits per heavy atom. The van der Waals surface area contributed by atoms with E-state index in [9.17, 15) is 31.1 Å². The monoisotopic (exact) mass is 359 g/mol. The maximum absolute atomic E-state index is 13.3. The molecule has 0 spiro atoms. The van der Waals surface area contributed by atoms with Crippen molar-refractivity contribution < 1.29 is 31.1 Å². The molecule has 0 bridgehead atoms. The van der Waals surface area contributed by atoms with Crippen molar-refractivity contribution >= 4 is 16.8 Å². The number of ketones is 1. The Labute approximate surface area is 135 Å². The van der Waals surface area contributed by atoms with Gasteiger partial charge in [0, 0.05) is 5.56 Å². The third-order valence-electron chi connectivity index (χ3n) is 3.40. The minimum atomic E-state index is -5.27. The number of para-hydroxylation sites is 1. The lowest BCUT2D eigenvalue weighted by molar-refractivity contribution is -0.137. The third kappa shape index (κ3) is 3.06. The van der Waals surface area contributed by atoms with Crippen molar-refractivity contribution in [1.82, 2.24) is 15.0 Å². The summed E-state index contributed by atoms with van der Waals surface area (Å²) in [6, 6.07) is 7.76. The molecule has 3 aromatic rings. The molecule has 0 aliphatic rings. The van der Waals surface area contributed by atoms with Crippen LogP contribution in [0, 0.1) is 0 Å². The summed E-state index contributed by atoms with van der Waals surface area (Å²) in [6.07, 6.45) is -10.3. The van der Waals surface area contributed by atoms with Gasteiger partial charge in [-0.3, -0.25) is 4.79 Å². The predicted molar refractivity (Wildman–Crippen MR) is 74.3 cm³/mol. The van der Waals surface area contributed by atoms with E-state index in [1.165, 1.54) is 12.1 Å². The number of alkyl halides is 6. The van der Waals surface area contributed by atoms with Crippen LogP contribution in [0.3, 0.4) is 0 Å². The Morgan fingerprint density at radius 2 is 1.64 bits per heavy atom. The van der Waals surface area contributed by atoms with E-state index in [-0.39, 0.29) is 11.6 Å². The maximum Gasteiger partial charge on any atom is 0.454 e. The molecule has 0 amide bonds. The van der Waals surface area contributed by atoms with Gasteiger partial charge in [0.2, 0.25) is 0 Å². The molecule has 0 aliphatic heterocycles. The zero-order valence-corrected chi connectivity index (χ0v) is 12.1. The standard InChI is InChI=1S/C15H7F6N3O/c16-14(17,18)9-7-8(13(25)15(19,20)21)5-6-11(9)24-12-4-2-1-3-10(12)22-23-24/h1-7H. The minimum absolute atomic E-state index is 0.168. The van der Waals surface area contributed by atoms with E-state index in [2.05, 4.69) is 10.3 Å². The van der Waals surface area contributed by atoms with Gasteiger partial charge >= 0.3 is 12.4 Å². The number of Topliss-reactive ketones (excluding diaryl/α,β-unsaturated/α-hetero) is 1. The SMILES string of the molecule is O=C(c1ccc(-n2nnc3ccccc32)c(C(F)(F)F)c1)C(F)(F)F. The fourth-order valence-corrected chi connectivity index (χ4v) is 2.30. The van der Waals surface area contributed by atoms with Gasteiger partial charge in [0.05, 0.1) is 16.8 Å². The zero-order chi connectivity index (χ0) is 18.4. The Kier molecular flexibility index (Phi) is 3.77. The van der Waals surface area contributed by atoms with E-state index in [1.54, 1.807) is 12.1 Å². The average molecular weight is 359 g/mol. The van der Waals surface area contributed by atoms with Crippen molar-refractivity contribution in [2.45, 2.75) is 12.4 Å². The number of rotatable bonds is 2. The summed E-state index contributed by atoms with van der Waals surface area (Å²) in [5.74, 6) is -2.35. The number of fused-ring (bicyclic) bond motifs is 1. The number of nitrogens with zero attached hydrogens (tertiary/aromatic N) is 3. The number of aromatic nitrogens is 3. The highest BCUT2D eigenvalue weighted by Gasteiger charge is 2.41. The molecule has 0 N–H and O–H groups in total. The van der Waals surface area contributed by atoms with Crippen LogP contribution in [0.4, 0.5) is 26.3 Å². The maximum atomic E-state index is 13.3. The van der Waals surface area contributed by atoms with Crippen molar-refractivity contribution in [2.75, 3.05) is 0 Å². The Bertz CT molecular complexity index is 958.